The summed E-state index contributed by atoms with van der Waals surface area (Å²) in [5, 5.41) is 2.76. The summed E-state index contributed by atoms with van der Waals surface area (Å²) >= 11 is 0. The Morgan fingerprint density at radius 2 is 2.24 bits per heavy atom. The van der Waals surface area contributed by atoms with Crippen molar-refractivity contribution in [3.05, 3.63) is 23.8 Å². The first-order valence-corrected chi connectivity index (χ1v) is 5.84. The number of hydrogen-bond donors (Lipinski definition) is 2. The van der Waals surface area contributed by atoms with Crippen LogP contribution in [0, 0.1) is 6.92 Å². The third-order valence-corrected chi connectivity index (χ3v) is 2.27. The van der Waals surface area contributed by atoms with E-state index in [-0.39, 0.29) is 5.91 Å². The van der Waals surface area contributed by atoms with Crippen molar-refractivity contribution < 1.29 is 9.53 Å². The smallest absolute Gasteiger partial charge is 0.241 e. The fraction of sp³-hybridized carbons (Fsp3) is 0.462. The Morgan fingerprint density at radius 1 is 1.53 bits per heavy atom. The maximum absolute atomic E-state index is 11.5. The Labute approximate surface area is 102 Å². The predicted molar refractivity (Wildman–Crippen MR) is 69.2 cm³/mol. The van der Waals surface area contributed by atoms with Gasteiger partial charge in [0.05, 0.1) is 18.3 Å². The van der Waals surface area contributed by atoms with Crippen LogP contribution in [0.5, 0.6) is 5.75 Å². The van der Waals surface area contributed by atoms with Gasteiger partial charge in [0.2, 0.25) is 5.91 Å². The lowest BCUT2D eigenvalue weighted by atomic mass is 10.2. The highest BCUT2D eigenvalue weighted by Crippen LogP contribution is 2.25. The summed E-state index contributed by atoms with van der Waals surface area (Å²) in [6.45, 7) is 6.30. The summed E-state index contributed by atoms with van der Waals surface area (Å²) < 4.78 is 5.59. The van der Waals surface area contributed by atoms with Crippen molar-refractivity contribution >= 4 is 11.6 Å². The molecule has 3 N–H and O–H groups in total. The lowest BCUT2D eigenvalue weighted by molar-refractivity contribution is -0.117. The number of anilines is 1. The van der Waals surface area contributed by atoms with Crippen LogP contribution in [-0.4, -0.2) is 18.6 Å². The van der Waals surface area contributed by atoms with Gasteiger partial charge < -0.3 is 15.8 Å². The summed E-state index contributed by atoms with van der Waals surface area (Å²) in [5.74, 6) is 0.482. The van der Waals surface area contributed by atoms with E-state index < -0.39 is 6.04 Å². The summed E-state index contributed by atoms with van der Waals surface area (Å²) in [6.07, 6.45) is 0.925. The quantitative estimate of drug-likeness (QED) is 0.822. The van der Waals surface area contributed by atoms with Gasteiger partial charge in [-0.05, 0) is 38.0 Å². The van der Waals surface area contributed by atoms with Crippen LogP contribution in [0.25, 0.3) is 0 Å². The molecule has 1 aromatic carbocycles. The molecule has 1 aromatic rings. The first-order valence-electron chi connectivity index (χ1n) is 5.84. The van der Waals surface area contributed by atoms with E-state index in [9.17, 15) is 4.79 Å². The second-order valence-corrected chi connectivity index (χ2v) is 4.13. The van der Waals surface area contributed by atoms with Crippen LogP contribution in [0.1, 0.15) is 25.8 Å². The van der Waals surface area contributed by atoms with Crippen LogP contribution in [-0.2, 0) is 4.79 Å². The Kier molecular flexibility index (Phi) is 4.97. The highest BCUT2D eigenvalue weighted by Gasteiger charge is 2.11. The molecule has 17 heavy (non-hydrogen) atoms. The Bertz CT molecular complexity index is 389. The SMILES string of the molecule is CCCOc1cc(C)ccc1NC(=O)C(C)N. The third kappa shape index (κ3) is 4.07. The molecular weight excluding hydrogens is 216 g/mol. The molecule has 0 radical (unpaired) electrons. The van der Waals surface area contributed by atoms with E-state index >= 15 is 0 Å². The topological polar surface area (TPSA) is 64.3 Å². The molecule has 0 aliphatic carbocycles. The van der Waals surface area contributed by atoms with Crippen molar-refractivity contribution in [1.29, 1.82) is 0 Å². The van der Waals surface area contributed by atoms with Gasteiger partial charge in [0.15, 0.2) is 0 Å². The minimum atomic E-state index is -0.532. The third-order valence-electron chi connectivity index (χ3n) is 2.27. The number of amides is 1. The number of benzene rings is 1. The van der Waals surface area contributed by atoms with Crippen LogP contribution in [0.3, 0.4) is 0 Å². The van der Waals surface area contributed by atoms with E-state index in [1.807, 2.05) is 32.0 Å². The molecule has 0 aromatic heterocycles. The fourth-order valence-corrected chi connectivity index (χ4v) is 1.31. The number of aryl methyl sites for hydroxylation is 1. The van der Waals surface area contributed by atoms with Crippen molar-refractivity contribution in [2.45, 2.75) is 33.2 Å². The second-order valence-electron chi connectivity index (χ2n) is 4.13. The summed E-state index contributed by atoms with van der Waals surface area (Å²) in [7, 11) is 0. The second kappa shape index (κ2) is 6.25. The van der Waals surface area contributed by atoms with Crippen molar-refractivity contribution in [1.82, 2.24) is 0 Å². The Morgan fingerprint density at radius 3 is 2.82 bits per heavy atom. The zero-order chi connectivity index (χ0) is 12.8. The normalized spacial score (nSPS) is 12.0. The van der Waals surface area contributed by atoms with Crippen molar-refractivity contribution in [2.24, 2.45) is 5.73 Å². The molecule has 0 spiro atoms. The largest absolute Gasteiger partial charge is 0.491 e. The molecule has 94 valence electrons. The molecule has 0 saturated heterocycles. The number of nitrogens with two attached hydrogens (primary N) is 1. The maximum atomic E-state index is 11.5. The van der Waals surface area contributed by atoms with E-state index in [1.165, 1.54) is 0 Å². The zero-order valence-corrected chi connectivity index (χ0v) is 10.6. The molecule has 1 unspecified atom stereocenters. The number of carbonyl (C=O) groups excluding carboxylic acids is 1. The van der Waals surface area contributed by atoms with Gasteiger partial charge in [0.1, 0.15) is 5.75 Å². The van der Waals surface area contributed by atoms with Crippen LogP contribution < -0.4 is 15.8 Å². The molecule has 0 bridgehead atoms. The molecule has 1 amide bonds. The van der Waals surface area contributed by atoms with Gasteiger partial charge in [0, 0.05) is 0 Å². The van der Waals surface area contributed by atoms with Gasteiger partial charge in [-0.2, -0.15) is 0 Å². The van der Waals surface area contributed by atoms with Crippen LogP contribution >= 0.6 is 0 Å². The summed E-state index contributed by atoms with van der Waals surface area (Å²) in [5.41, 5.74) is 7.28. The first-order chi connectivity index (χ1) is 8.04. The van der Waals surface area contributed by atoms with E-state index in [2.05, 4.69) is 5.32 Å². The van der Waals surface area contributed by atoms with E-state index in [0.29, 0.717) is 18.0 Å². The molecule has 0 aliphatic rings. The van der Waals surface area contributed by atoms with Gasteiger partial charge in [-0.15, -0.1) is 0 Å². The lowest BCUT2D eigenvalue weighted by Crippen LogP contribution is -2.32. The number of carbonyl (C=O) groups is 1. The zero-order valence-electron chi connectivity index (χ0n) is 10.6. The summed E-state index contributed by atoms with van der Waals surface area (Å²) in [4.78, 5) is 11.5. The average Bonchev–Trinajstić information content (AvgIpc) is 2.29. The van der Waals surface area contributed by atoms with E-state index in [4.69, 9.17) is 10.5 Å². The predicted octanol–water partition coefficient (Wildman–Crippen LogP) is 2.07. The molecule has 4 heteroatoms. The van der Waals surface area contributed by atoms with Crippen LogP contribution in [0.15, 0.2) is 18.2 Å². The minimum absolute atomic E-state index is 0.213. The number of rotatable bonds is 5. The highest BCUT2D eigenvalue weighted by molar-refractivity contribution is 5.95. The minimum Gasteiger partial charge on any atom is -0.491 e. The fourth-order valence-electron chi connectivity index (χ4n) is 1.31. The monoisotopic (exact) mass is 236 g/mol. The molecule has 0 saturated carbocycles. The molecule has 0 heterocycles. The Balaban J connectivity index is 2.85. The summed E-state index contributed by atoms with van der Waals surface area (Å²) in [6, 6.07) is 5.14. The van der Waals surface area contributed by atoms with Crippen molar-refractivity contribution in [3.63, 3.8) is 0 Å². The molecule has 1 rings (SSSR count). The number of nitrogens with one attached hydrogen (secondary N) is 1. The van der Waals surface area contributed by atoms with Gasteiger partial charge in [-0.1, -0.05) is 13.0 Å². The first kappa shape index (κ1) is 13.5. The number of ether oxygens (including phenoxy) is 1. The van der Waals surface area contributed by atoms with E-state index in [1.54, 1.807) is 6.92 Å². The standard InChI is InChI=1S/C13H20N2O2/c1-4-7-17-12-8-9(2)5-6-11(12)15-13(16)10(3)14/h5-6,8,10H,4,7,14H2,1-3H3,(H,15,16). The average molecular weight is 236 g/mol. The molecule has 1 atom stereocenters. The molecular formula is C13H20N2O2. The van der Waals surface area contributed by atoms with Gasteiger partial charge >= 0.3 is 0 Å². The van der Waals surface area contributed by atoms with E-state index in [0.717, 1.165) is 12.0 Å². The van der Waals surface area contributed by atoms with Gasteiger partial charge in [0.25, 0.3) is 0 Å². The lowest BCUT2D eigenvalue weighted by Gasteiger charge is -2.14. The van der Waals surface area contributed by atoms with Crippen LogP contribution in [0.2, 0.25) is 0 Å². The Hall–Kier alpha value is -1.55. The van der Waals surface area contributed by atoms with Crippen molar-refractivity contribution in [2.75, 3.05) is 11.9 Å². The molecule has 0 aliphatic heterocycles. The molecule has 0 fully saturated rings. The van der Waals surface area contributed by atoms with Crippen LogP contribution in [0.4, 0.5) is 5.69 Å². The van der Waals surface area contributed by atoms with Gasteiger partial charge in [-0.3, -0.25) is 4.79 Å². The highest BCUT2D eigenvalue weighted by atomic mass is 16.5. The van der Waals surface area contributed by atoms with Gasteiger partial charge in [-0.25, -0.2) is 0 Å². The number of hydrogen-bond acceptors (Lipinski definition) is 3. The molecule has 4 nitrogen and oxygen atoms in total. The van der Waals surface area contributed by atoms with Crippen molar-refractivity contribution in [3.8, 4) is 5.75 Å². The maximum Gasteiger partial charge on any atom is 0.241 e.